The van der Waals surface area contributed by atoms with Crippen LogP contribution in [0.5, 0.6) is 0 Å². The third kappa shape index (κ3) is 2.68. The molecule has 0 amide bonds. The predicted molar refractivity (Wildman–Crippen MR) is 61.4 cm³/mol. The normalized spacial score (nSPS) is 20.4. The van der Waals surface area contributed by atoms with Crippen molar-refractivity contribution in [1.82, 2.24) is 15.2 Å². The minimum absolute atomic E-state index is 0.00426. The van der Waals surface area contributed by atoms with Crippen LogP contribution in [0.15, 0.2) is 6.20 Å². The molecule has 1 atom stereocenters. The van der Waals surface area contributed by atoms with Crippen LogP contribution in [-0.4, -0.2) is 47.8 Å². The molecule has 84 valence electrons. The molecule has 0 bridgehead atoms. The zero-order chi connectivity index (χ0) is 10.7. The van der Waals surface area contributed by atoms with Gasteiger partial charge in [-0.15, -0.1) is 11.3 Å². The molecule has 0 spiro atoms. The standard InChI is InChI=1S/C9H14ClN3OS/c10-8-5-12-9(15-8)7(6-14)13-3-1-11-2-4-13/h5,7,11,14H,1-4,6H2. The summed E-state index contributed by atoms with van der Waals surface area (Å²) < 4.78 is 0.679. The van der Waals surface area contributed by atoms with Gasteiger partial charge in [0.25, 0.3) is 0 Å². The maximum absolute atomic E-state index is 9.40. The minimum Gasteiger partial charge on any atom is -0.394 e. The minimum atomic E-state index is 0.00426. The summed E-state index contributed by atoms with van der Waals surface area (Å²) in [6.45, 7) is 3.93. The Morgan fingerprint density at radius 1 is 1.60 bits per heavy atom. The summed E-state index contributed by atoms with van der Waals surface area (Å²) in [4.78, 5) is 6.47. The third-order valence-corrected chi connectivity index (χ3v) is 3.76. The SMILES string of the molecule is OCC(c1ncc(Cl)s1)N1CCNCC1. The highest BCUT2D eigenvalue weighted by Gasteiger charge is 2.23. The van der Waals surface area contributed by atoms with Gasteiger partial charge in [0.05, 0.1) is 18.8 Å². The molecule has 0 aromatic carbocycles. The van der Waals surface area contributed by atoms with Crippen LogP contribution in [-0.2, 0) is 0 Å². The van der Waals surface area contributed by atoms with E-state index in [9.17, 15) is 5.11 Å². The average Bonchev–Trinajstić information content (AvgIpc) is 2.68. The summed E-state index contributed by atoms with van der Waals surface area (Å²) in [5, 5.41) is 13.6. The number of hydrogen-bond donors (Lipinski definition) is 2. The van der Waals surface area contributed by atoms with Crippen molar-refractivity contribution < 1.29 is 5.11 Å². The second kappa shape index (κ2) is 5.23. The van der Waals surface area contributed by atoms with E-state index in [-0.39, 0.29) is 12.6 Å². The monoisotopic (exact) mass is 247 g/mol. The van der Waals surface area contributed by atoms with Gasteiger partial charge in [-0.2, -0.15) is 0 Å². The lowest BCUT2D eigenvalue weighted by Gasteiger charge is -2.32. The summed E-state index contributed by atoms with van der Waals surface area (Å²) in [6.07, 6.45) is 1.65. The van der Waals surface area contributed by atoms with Gasteiger partial charge in [-0.25, -0.2) is 4.98 Å². The third-order valence-electron chi connectivity index (χ3n) is 2.55. The number of aliphatic hydroxyl groups excluding tert-OH is 1. The number of thiazole rings is 1. The van der Waals surface area contributed by atoms with E-state index in [2.05, 4.69) is 15.2 Å². The molecule has 2 rings (SSSR count). The summed E-state index contributed by atoms with van der Waals surface area (Å²) in [6, 6.07) is 0.00426. The molecular formula is C9H14ClN3OS. The van der Waals surface area contributed by atoms with Gasteiger partial charge in [0, 0.05) is 26.2 Å². The van der Waals surface area contributed by atoms with E-state index in [4.69, 9.17) is 11.6 Å². The van der Waals surface area contributed by atoms with Gasteiger partial charge in [-0.05, 0) is 0 Å². The Bertz CT molecular complexity index is 314. The molecule has 4 nitrogen and oxygen atoms in total. The van der Waals surface area contributed by atoms with Crippen molar-refractivity contribution in [1.29, 1.82) is 0 Å². The maximum Gasteiger partial charge on any atom is 0.114 e. The molecule has 1 aromatic heterocycles. The largest absolute Gasteiger partial charge is 0.394 e. The number of aliphatic hydroxyl groups is 1. The molecule has 0 radical (unpaired) electrons. The molecule has 0 saturated carbocycles. The van der Waals surface area contributed by atoms with Crippen LogP contribution >= 0.6 is 22.9 Å². The van der Waals surface area contributed by atoms with Crippen molar-refractivity contribution >= 4 is 22.9 Å². The zero-order valence-corrected chi connectivity index (χ0v) is 9.89. The zero-order valence-electron chi connectivity index (χ0n) is 8.32. The molecule has 2 N–H and O–H groups in total. The van der Waals surface area contributed by atoms with Crippen molar-refractivity contribution in [3.05, 3.63) is 15.5 Å². The van der Waals surface area contributed by atoms with Gasteiger partial charge in [0.15, 0.2) is 0 Å². The molecule has 2 heterocycles. The Kier molecular flexibility index (Phi) is 3.93. The van der Waals surface area contributed by atoms with Crippen LogP contribution in [0.3, 0.4) is 0 Å². The van der Waals surface area contributed by atoms with E-state index in [1.807, 2.05) is 0 Å². The van der Waals surface area contributed by atoms with E-state index in [0.717, 1.165) is 31.2 Å². The van der Waals surface area contributed by atoms with Gasteiger partial charge >= 0.3 is 0 Å². The highest BCUT2D eigenvalue weighted by atomic mass is 35.5. The first-order valence-electron chi connectivity index (χ1n) is 4.98. The molecule has 1 saturated heterocycles. The van der Waals surface area contributed by atoms with Crippen LogP contribution < -0.4 is 5.32 Å². The fourth-order valence-electron chi connectivity index (χ4n) is 1.76. The van der Waals surface area contributed by atoms with Crippen LogP contribution in [0.4, 0.5) is 0 Å². The molecule has 6 heteroatoms. The average molecular weight is 248 g/mol. The Labute approximate surface area is 97.9 Å². The molecule has 1 unspecified atom stereocenters. The van der Waals surface area contributed by atoms with Crippen LogP contribution in [0.25, 0.3) is 0 Å². The number of nitrogens with one attached hydrogen (secondary N) is 1. The van der Waals surface area contributed by atoms with E-state index < -0.39 is 0 Å². The van der Waals surface area contributed by atoms with Crippen molar-refractivity contribution in [2.24, 2.45) is 0 Å². The topological polar surface area (TPSA) is 48.4 Å². The summed E-state index contributed by atoms with van der Waals surface area (Å²) >= 11 is 7.29. The van der Waals surface area contributed by atoms with Gasteiger partial charge in [0.1, 0.15) is 9.34 Å². The molecule has 1 aromatic rings. The second-order valence-electron chi connectivity index (χ2n) is 3.49. The number of piperazine rings is 1. The fraction of sp³-hybridized carbons (Fsp3) is 0.667. The van der Waals surface area contributed by atoms with Crippen molar-refractivity contribution in [2.75, 3.05) is 32.8 Å². The number of aromatic nitrogens is 1. The van der Waals surface area contributed by atoms with Gasteiger partial charge in [-0.1, -0.05) is 11.6 Å². The first-order chi connectivity index (χ1) is 7.31. The first-order valence-corrected chi connectivity index (χ1v) is 6.17. The number of hydrogen-bond acceptors (Lipinski definition) is 5. The molecule has 1 aliphatic heterocycles. The lowest BCUT2D eigenvalue weighted by Crippen LogP contribution is -2.46. The Hall–Kier alpha value is -0.200. The smallest absolute Gasteiger partial charge is 0.114 e. The molecule has 1 aliphatic rings. The Balaban J connectivity index is 2.08. The van der Waals surface area contributed by atoms with Crippen LogP contribution in [0.2, 0.25) is 4.34 Å². The van der Waals surface area contributed by atoms with Crippen molar-refractivity contribution in [2.45, 2.75) is 6.04 Å². The lowest BCUT2D eigenvalue weighted by atomic mass is 10.2. The lowest BCUT2D eigenvalue weighted by molar-refractivity contribution is 0.110. The Morgan fingerprint density at radius 2 is 2.33 bits per heavy atom. The highest BCUT2D eigenvalue weighted by molar-refractivity contribution is 7.15. The van der Waals surface area contributed by atoms with E-state index >= 15 is 0 Å². The summed E-state index contributed by atoms with van der Waals surface area (Å²) in [7, 11) is 0. The molecule has 0 aliphatic carbocycles. The van der Waals surface area contributed by atoms with Crippen molar-refractivity contribution in [3.63, 3.8) is 0 Å². The Morgan fingerprint density at radius 3 is 2.87 bits per heavy atom. The van der Waals surface area contributed by atoms with Gasteiger partial charge in [-0.3, -0.25) is 4.90 Å². The predicted octanol–water partition coefficient (Wildman–Crippen LogP) is 0.735. The molecular weight excluding hydrogens is 234 g/mol. The quantitative estimate of drug-likeness (QED) is 0.827. The summed E-state index contributed by atoms with van der Waals surface area (Å²) in [5.74, 6) is 0. The first kappa shape index (κ1) is 11.3. The number of nitrogens with zero attached hydrogens (tertiary/aromatic N) is 2. The summed E-state index contributed by atoms with van der Waals surface area (Å²) in [5.41, 5.74) is 0. The van der Waals surface area contributed by atoms with E-state index in [0.29, 0.717) is 4.34 Å². The van der Waals surface area contributed by atoms with E-state index in [1.54, 1.807) is 6.20 Å². The van der Waals surface area contributed by atoms with Crippen LogP contribution in [0, 0.1) is 0 Å². The van der Waals surface area contributed by atoms with Crippen molar-refractivity contribution in [3.8, 4) is 0 Å². The van der Waals surface area contributed by atoms with Crippen LogP contribution in [0.1, 0.15) is 11.0 Å². The molecule has 15 heavy (non-hydrogen) atoms. The highest BCUT2D eigenvalue weighted by Crippen LogP contribution is 2.27. The molecule has 1 fully saturated rings. The number of halogens is 1. The van der Waals surface area contributed by atoms with Gasteiger partial charge in [0.2, 0.25) is 0 Å². The van der Waals surface area contributed by atoms with E-state index in [1.165, 1.54) is 11.3 Å². The second-order valence-corrected chi connectivity index (χ2v) is 5.18. The fourth-order valence-corrected chi connectivity index (χ4v) is 2.82. The maximum atomic E-state index is 9.40. The number of rotatable bonds is 3. The van der Waals surface area contributed by atoms with Gasteiger partial charge < -0.3 is 10.4 Å².